The Morgan fingerprint density at radius 3 is 1.52 bits per heavy atom. The van der Waals surface area contributed by atoms with Crippen LogP contribution in [0.15, 0.2) is 69.3 Å². The third-order valence-corrected chi connectivity index (χ3v) is 8.24. The Labute approximate surface area is 220 Å². The molecule has 0 saturated carbocycles. The van der Waals surface area contributed by atoms with Gasteiger partial charge in [0.05, 0.1) is 13.5 Å². The number of carbonyl (C=O) groups excluding carboxylic acids is 1. The second-order valence-corrected chi connectivity index (χ2v) is 11.0. The normalized spacial score (nSPS) is 10.3. The lowest BCUT2D eigenvalue weighted by molar-refractivity contribution is -0.140. The topological polar surface area (TPSA) is 104 Å². The van der Waals surface area contributed by atoms with Crippen LogP contribution in [0.25, 0.3) is 0 Å². The van der Waals surface area contributed by atoms with Crippen molar-refractivity contribution in [2.24, 2.45) is 0 Å². The number of nitrogen functional groups attached to an aromatic ring is 3. The van der Waals surface area contributed by atoms with Crippen molar-refractivity contribution >= 4 is 91.2 Å². The fourth-order valence-electron chi connectivity index (χ4n) is 2.28. The molecule has 0 aliphatic heterocycles. The molecule has 0 aliphatic carbocycles. The first-order valence-corrected chi connectivity index (χ1v) is 13.7. The molecule has 3 aromatic carbocycles. The molecule has 0 spiro atoms. The molecule has 33 heavy (non-hydrogen) atoms. The van der Waals surface area contributed by atoms with Gasteiger partial charge in [-0.25, -0.2) is 0 Å². The first-order valence-electron chi connectivity index (χ1n) is 9.38. The number of methoxy groups -OCH3 is 1. The SMILES string of the molecule is COC(=O)CCSc1ccc(Cl)cc1N.Nc1cc(Cl)ccc1SSc1ccc(Cl)cc1N. The summed E-state index contributed by atoms with van der Waals surface area (Å²) in [4.78, 5) is 13.7. The van der Waals surface area contributed by atoms with Gasteiger partial charge in [-0.3, -0.25) is 4.79 Å². The fraction of sp³-hybridized carbons (Fsp3) is 0.136. The Balaban J connectivity index is 0.000000238. The van der Waals surface area contributed by atoms with Crippen molar-refractivity contribution in [1.29, 1.82) is 0 Å². The predicted octanol–water partition coefficient (Wildman–Crippen LogP) is 7.53. The lowest BCUT2D eigenvalue weighted by Crippen LogP contribution is -2.01. The summed E-state index contributed by atoms with van der Waals surface area (Å²) in [7, 11) is 4.46. The van der Waals surface area contributed by atoms with Crippen LogP contribution in [0.4, 0.5) is 17.1 Å². The van der Waals surface area contributed by atoms with E-state index in [1.807, 2.05) is 30.3 Å². The Morgan fingerprint density at radius 1 is 0.758 bits per heavy atom. The molecule has 3 rings (SSSR count). The molecule has 0 aromatic heterocycles. The zero-order valence-electron chi connectivity index (χ0n) is 17.5. The molecule has 0 bridgehead atoms. The summed E-state index contributed by atoms with van der Waals surface area (Å²) in [6, 6.07) is 16.2. The highest BCUT2D eigenvalue weighted by Crippen LogP contribution is 2.43. The van der Waals surface area contributed by atoms with Gasteiger partial charge in [-0.1, -0.05) is 56.4 Å². The van der Waals surface area contributed by atoms with Gasteiger partial charge in [-0.15, -0.1) is 11.8 Å². The molecular weight excluding hydrogens is 541 g/mol. The van der Waals surface area contributed by atoms with E-state index in [2.05, 4.69) is 4.74 Å². The lowest BCUT2D eigenvalue weighted by atomic mass is 10.3. The minimum Gasteiger partial charge on any atom is -0.469 e. The quantitative estimate of drug-likeness (QED) is 0.117. The number of anilines is 3. The van der Waals surface area contributed by atoms with Crippen molar-refractivity contribution in [2.75, 3.05) is 30.1 Å². The van der Waals surface area contributed by atoms with Crippen LogP contribution in [0.1, 0.15) is 6.42 Å². The first-order chi connectivity index (χ1) is 15.7. The summed E-state index contributed by atoms with van der Waals surface area (Å²) in [5.74, 6) is 0.438. The third kappa shape index (κ3) is 9.68. The fourth-order valence-corrected chi connectivity index (χ4v) is 5.88. The number of hydrogen-bond acceptors (Lipinski definition) is 8. The van der Waals surface area contributed by atoms with E-state index in [0.717, 1.165) is 14.7 Å². The molecule has 5 nitrogen and oxygen atoms in total. The van der Waals surface area contributed by atoms with Gasteiger partial charge < -0.3 is 21.9 Å². The predicted molar refractivity (Wildman–Crippen MR) is 147 cm³/mol. The van der Waals surface area contributed by atoms with E-state index in [1.54, 1.807) is 24.3 Å². The van der Waals surface area contributed by atoms with Crippen molar-refractivity contribution in [3.8, 4) is 0 Å². The molecule has 0 aliphatic rings. The van der Waals surface area contributed by atoms with E-state index in [-0.39, 0.29) is 5.97 Å². The zero-order chi connectivity index (χ0) is 24.4. The number of rotatable bonds is 7. The van der Waals surface area contributed by atoms with Crippen LogP contribution in [-0.4, -0.2) is 18.8 Å². The van der Waals surface area contributed by atoms with Gasteiger partial charge in [0.2, 0.25) is 0 Å². The van der Waals surface area contributed by atoms with Gasteiger partial charge in [0.25, 0.3) is 0 Å². The Kier molecular flexibility index (Phi) is 11.7. The van der Waals surface area contributed by atoms with Gasteiger partial charge in [0.1, 0.15) is 0 Å². The molecule has 0 unspecified atom stereocenters. The summed E-state index contributed by atoms with van der Waals surface area (Å²) < 4.78 is 4.53. The first kappa shape index (κ1) is 27.7. The van der Waals surface area contributed by atoms with Gasteiger partial charge in [-0.2, -0.15) is 0 Å². The number of halogens is 3. The van der Waals surface area contributed by atoms with E-state index in [4.69, 9.17) is 52.0 Å². The van der Waals surface area contributed by atoms with Crippen LogP contribution < -0.4 is 17.2 Å². The minimum atomic E-state index is -0.213. The second kappa shape index (κ2) is 14.0. The van der Waals surface area contributed by atoms with Crippen molar-refractivity contribution < 1.29 is 9.53 Å². The number of benzene rings is 3. The molecule has 0 fully saturated rings. The van der Waals surface area contributed by atoms with Gasteiger partial charge in [0.15, 0.2) is 0 Å². The lowest BCUT2D eigenvalue weighted by Gasteiger charge is -2.07. The van der Waals surface area contributed by atoms with E-state index in [0.29, 0.717) is 44.3 Å². The standard InChI is InChI=1S/C12H10Cl2N2S2.C10H12ClNO2S/c13-7-1-3-11(9(15)5-7)17-18-12-4-2-8(14)6-10(12)16;1-14-10(13)4-5-15-9-3-2-7(11)6-8(9)12/h1-6H,15-16H2;2-3,6H,4-5,12H2,1H3. The van der Waals surface area contributed by atoms with Crippen molar-refractivity contribution in [1.82, 2.24) is 0 Å². The van der Waals surface area contributed by atoms with Gasteiger partial charge in [-0.05, 0) is 54.6 Å². The molecule has 0 radical (unpaired) electrons. The molecule has 0 atom stereocenters. The summed E-state index contributed by atoms with van der Waals surface area (Å²) in [6.07, 6.45) is 0.378. The number of esters is 1. The number of thioether (sulfide) groups is 1. The summed E-state index contributed by atoms with van der Waals surface area (Å²) in [5, 5.41) is 1.88. The largest absolute Gasteiger partial charge is 0.469 e. The number of nitrogens with two attached hydrogens (primary N) is 3. The summed E-state index contributed by atoms with van der Waals surface area (Å²) >= 11 is 19.0. The monoisotopic (exact) mass is 561 g/mol. The molecule has 0 amide bonds. The van der Waals surface area contributed by atoms with Crippen molar-refractivity contribution in [3.05, 3.63) is 69.7 Å². The van der Waals surface area contributed by atoms with Crippen LogP contribution in [0.3, 0.4) is 0 Å². The summed E-state index contributed by atoms with van der Waals surface area (Å²) in [6.45, 7) is 0. The van der Waals surface area contributed by atoms with Crippen LogP contribution in [-0.2, 0) is 9.53 Å². The highest BCUT2D eigenvalue weighted by molar-refractivity contribution is 8.76. The smallest absolute Gasteiger partial charge is 0.306 e. The van der Waals surface area contributed by atoms with Gasteiger partial charge >= 0.3 is 5.97 Å². The molecule has 6 N–H and O–H groups in total. The van der Waals surface area contributed by atoms with E-state index in [9.17, 15) is 4.79 Å². The zero-order valence-corrected chi connectivity index (χ0v) is 22.2. The number of carbonyl (C=O) groups is 1. The number of hydrogen-bond donors (Lipinski definition) is 3. The van der Waals surface area contributed by atoms with Gasteiger partial charge in [0, 0.05) is 52.6 Å². The maximum Gasteiger partial charge on any atom is 0.306 e. The highest BCUT2D eigenvalue weighted by atomic mass is 35.5. The summed E-state index contributed by atoms with van der Waals surface area (Å²) in [5.41, 5.74) is 19.5. The average Bonchev–Trinajstić information content (AvgIpc) is 2.76. The van der Waals surface area contributed by atoms with E-state index < -0.39 is 0 Å². The van der Waals surface area contributed by atoms with Crippen molar-refractivity contribution in [2.45, 2.75) is 21.1 Å². The van der Waals surface area contributed by atoms with Crippen LogP contribution in [0.5, 0.6) is 0 Å². The van der Waals surface area contributed by atoms with E-state index in [1.165, 1.54) is 40.5 Å². The van der Waals surface area contributed by atoms with E-state index >= 15 is 0 Å². The Hall–Kier alpha value is -1.55. The van der Waals surface area contributed by atoms with Crippen LogP contribution in [0.2, 0.25) is 15.1 Å². The molecule has 0 saturated heterocycles. The minimum absolute atomic E-state index is 0.213. The average molecular weight is 563 g/mol. The Bertz CT molecular complexity index is 1050. The molecule has 176 valence electrons. The molecule has 0 heterocycles. The maximum absolute atomic E-state index is 10.9. The number of ether oxygens (including phenoxy) is 1. The van der Waals surface area contributed by atoms with Crippen LogP contribution >= 0.6 is 68.2 Å². The third-order valence-electron chi connectivity index (χ3n) is 3.93. The van der Waals surface area contributed by atoms with Crippen molar-refractivity contribution in [3.63, 3.8) is 0 Å². The maximum atomic E-state index is 10.9. The molecular formula is C22H22Cl3N3O2S3. The Morgan fingerprint density at radius 2 is 1.15 bits per heavy atom. The second-order valence-electron chi connectivity index (χ2n) is 6.39. The van der Waals surface area contributed by atoms with Crippen LogP contribution in [0, 0.1) is 0 Å². The highest BCUT2D eigenvalue weighted by Gasteiger charge is 2.06. The molecule has 11 heteroatoms. The molecule has 3 aromatic rings.